The highest BCUT2D eigenvalue weighted by Crippen LogP contribution is 2.29. The molecule has 2 saturated heterocycles. The van der Waals surface area contributed by atoms with Gasteiger partial charge in [0.25, 0.3) is 0 Å². The van der Waals surface area contributed by atoms with Gasteiger partial charge in [0.15, 0.2) is 0 Å². The van der Waals surface area contributed by atoms with E-state index in [9.17, 15) is 0 Å². The number of rotatable bonds is 5. The maximum Gasteiger partial charge on any atom is 0.0476 e. The van der Waals surface area contributed by atoms with Crippen LogP contribution in [-0.2, 0) is 6.42 Å². The fourth-order valence-corrected chi connectivity index (χ4v) is 4.66. The summed E-state index contributed by atoms with van der Waals surface area (Å²) >= 11 is 0. The van der Waals surface area contributed by atoms with E-state index >= 15 is 0 Å². The van der Waals surface area contributed by atoms with Gasteiger partial charge in [-0.15, -0.1) is 0 Å². The van der Waals surface area contributed by atoms with Gasteiger partial charge in [0, 0.05) is 38.3 Å². The average Bonchev–Trinajstić information content (AvgIpc) is 2.74. The van der Waals surface area contributed by atoms with E-state index in [0.29, 0.717) is 6.04 Å². The van der Waals surface area contributed by atoms with Crippen molar-refractivity contribution in [1.29, 1.82) is 0 Å². The van der Waals surface area contributed by atoms with Crippen LogP contribution >= 0.6 is 0 Å². The molecule has 0 aliphatic carbocycles. The van der Waals surface area contributed by atoms with E-state index in [4.69, 9.17) is 0 Å². The fourth-order valence-electron chi connectivity index (χ4n) is 4.66. The summed E-state index contributed by atoms with van der Waals surface area (Å²) in [7, 11) is 0. The molecule has 2 aliphatic heterocycles. The molecule has 1 atom stereocenters. The first-order valence-corrected chi connectivity index (χ1v) is 10.6. The SMILES string of the molecule is Cc1ccc(C2CNCCN2C2CCN(CCc3ccccc3)CC2)cc1. The minimum absolute atomic E-state index is 0.528. The number of nitrogens with zero attached hydrogens (tertiary/aromatic N) is 2. The number of benzene rings is 2. The molecule has 144 valence electrons. The molecule has 0 spiro atoms. The van der Waals surface area contributed by atoms with Crippen molar-refractivity contribution in [2.24, 2.45) is 0 Å². The highest BCUT2D eigenvalue weighted by atomic mass is 15.3. The quantitative estimate of drug-likeness (QED) is 0.875. The molecule has 3 nitrogen and oxygen atoms in total. The summed E-state index contributed by atoms with van der Waals surface area (Å²) in [5.41, 5.74) is 4.28. The van der Waals surface area contributed by atoms with Crippen molar-refractivity contribution in [3.8, 4) is 0 Å². The van der Waals surface area contributed by atoms with Gasteiger partial charge in [-0.25, -0.2) is 0 Å². The number of aryl methyl sites for hydroxylation is 1. The zero-order valence-electron chi connectivity index (χ0n) is 16.6. The number of hydrogen-bond acceptors (Lipinski definition) is 3. The molecule has 2 aromatic carbocycles. The first kappa shape index (κ1) is 18.7. The van der Waals surface area contributed by atoms with Crippen LogP contribution in [0.25, 0.3) is 0 Å². The van der Waals surface area contributed by atoms with Crippen molar-refractivity contribution in [3.63, 3.8) is 0 Å². The van der Waals surface area contributed by atoms with Crippen LogP contribution in [-0.4, -0.2) is 55.1 Å². The second-order valence-corrected chi connectivity index (χ2v) is 8.18. The Morgan fingerprint density at radius 1 is 0.926 bits per heavy atom. The number of piperazine rings is 1. The minimum Gasteiger partial charge on any atom is -0.314 e. The third-order valence-electron chi connectivity index (χ3n) is 6.33. The van der Waals surface area contributed by atoms with Crippen molar-refractivity contribution < 1.29 is 0 Å². The zero-order chi connectivity index (χ0) is 18.5. The van der Waals surface area contributed by atoms with Gasteiger partial charge in [-0.3, -0.25) is 4.90 Å². The van der Waals surface area contributed by atoms with Gasteiger partial charge >= 0.3 is 0 Å². The lowest BCUT2D eigenvalue weighted by Gasteiger charge is -2.45. The molecule has 0 amide bonds. The Balaban J connectivity index is 1.32. The summed E-state index contributed by atoms with van der Waals surface area (Å²) in [6.45, 7) is 9.22. The van der Waals surface area contributed by atoms with Crippen molar-refractivity contribution in [2.45, 2.75) is 38.3 Å². The molecule has 2 fully saturated rings. The van der Waals surface area contributed by atoms with Crippen LogP contribution in [0.2, 0.25) is 0 Å². The van der Waals surface area contributed by atoms with Crippen LogP contribution in [0.1, 0.15) is 35.6 Å². The fraction of sp³-hybridized carbons (Fsp3) is 0.500. The summed E-state index contributed by atoms with van der Waals surface area (Å²) in [6.07, 6.45) is 3.78. The van der Waals surface area contributed by atoms with Gasteiger partial charge < -0.3 is 10.2 Å². The van der Waals surface area contributed by atoms with E-state index in [-0.39, 0.29) is 0 Å². The van der Waals surface area contributed by atoms with Crippen LogP contribution in [0.4, 0.5) is 0 Å². The summed E-state index contributed by atoms with van der Waals surface area (Å²) in [5, 5.41) is 3.61. The molecule has 2 heterocycles. The predicted octanol–water partition coefficient (Wildman–Crippen LogP) is 3.65. The van der Waals surface area contributed by atoms with Crippen LogP contribution in [0.5, 0.6) is 0 Å². The average molecular weight is 364 g/mol. The van der Waals surface area contributed by atoms with Crippen LogP contribution in [0.3, 0.4) is 0 Å². The lowest BCUT2D eigenvalue weighted by molar-refractivity contribution is 0.0577. The van der Waals surface area contributed by atoms with Crippen molar-refractivity contribution in [2.75, 3.05) is 39.3 Å². The van der Waals surface area contributed by atoms with Gasteiger partial charge in [-0.2, -0.15) is 0 Å². The largest absolute Gasteiger partial charge is 0.314 e. The first-order chi connectivity index (χ1) is 13.3. The number of hydrogen-bond donors (Lipinski definition) is 1. The van der Waals surface area contributed by atoms with Gasteiger partial charge in [0.2, 0.25) is 0 Å². The number of likely N-dealkylation sites (tertiary alicyclic amines) is 1. The van der Waals surface area contributed by atoms with Gasteiger partial charge in [-0.05, 0) is 50.4 Å². The topological polar surface area (TPSA) is 18.5 Å². The molecule has 0 aromatic heterocycles. The molecule has 27 heavy (non-hydrogen) atoms. The molecular formula is C24H33N3. The van der Waals surface area contributed by atoms with E-state index in [1.54, 1.807) is 0 Å². The van der Waals surface area contributed by atoms with E-state index in [0.717, 1.165) is 19.1 Å². The molecule has 4 rings (SSSR count). The van der Waals surface area contributed by atoms with Crippen LogP contribution in [0.15, 0.2) is 54.6 Å². The Morgan fingerprint density at radius 2 is 1.67 bits per heavy atom. The van der Waals surface area contributed by atoms with E-state index in [2.05, 4.69) is 76.6 Å². The monoisotopic (exact) mass is 363 g/mol. The molecular weight excluding hydrogens is 330 g/mol. The number of piperidine rings is 1. The second kappa shape index (κ2) is 9.01. The van der Waals surface area contributed by atoms with Crippen molar-refractivity contribution in [1.82, 2.24) is 15.1 Å². The number of nitrogens with one attached hydrogen (secondary N) is 1. The first-order valence-electron chi connectivity index (χ1n) is 10.6. The highest BCUT2D eigenvalue weighted by Gasteiger charge is 2.31. The maximum absolute atomic E-state index is 3.61. The Hall–Kier alpha value is -1.68. The van der Waals surface area contributed by atoms with Crippen LogP contribution in [0, 0.1) is 6.92 Å². The standard InChI is InChI=1S/C24H33N3/c1-20-7-9-22(10-8-20)24-19-25-14-18-27(24)23-12-16-26(17-13-23)15-11-21-5-3-2-4-6-21/h2-10,23-25H,11-19H2,1H3. The van der Waals surface area contributed by atoms with Crippen LogP contribution < -0.4 is 5.32 Å². The smallest absolute Gasteiger partial charge is 0.0476 e. The highest BCUT2D eigenvalue weighted by molar-refractivity contribution is 5.25. The van der Waals surface area contributed by atoms with E-state index < -0.39 is 0 Å². The Bertz CT molecular complexity index is 689. The normalized spacial score (nSPS) is 22.8. The maximum atomic E-state index is 3.61. The minimum atomic E-state index is 0.528. The molecule has 0 radical (unpaired) electrons. The van der Waals surface area contributed by atoms with E-state index in [1.165, 1.54) is 62.1 Å². The Kier molecular flexibility index (Phi) is 6.23. The van der Waals surface area contributed by atoms with Crippen molar-refractivity contribution >= 4 is 0 Å². The lowest BCUT2D eigenvalue weighted by atomic mass is 9.95. The summed E-state index contributed by atoms with van der Waals surface area (Å²) in [4.78, 5) is 5.45. The molecule has 0 bridgehead atoms. The summed E-state index contributed by atoms with van der Waals surface area (Å²) in [5.74, 6) is 0. The predicted molar refractivity (Wildman–Crippen MR) is 113 cm³/mol. The molecule has 3 heteroatoms. The van der Waals surface area contributed by atoms with E-state index in [1.807, 2.05) is 0 Å². The van der Waals surface area contributed by atoms with Gasteiger partial charge in [-0.1, -0.05) is 60.2 Å². The molecule has 2 aliphatic rings. The summed E-state index contributed by atoms with van der Waals surface area (Å²) < 4.78 is 0. The third kappa shape index (κ3) is 4.78. The molecule has 0 saturated carbocycles. The molecule has 1 N–H and O–H groups in total. The zero-order valence-corrected chi connectivity index (χ0v) is 16.6. The Labute approximate surface area is 164 Å². The second-order valence-electron chi connectivity index (χ2n) is 8.18. The third-order valence-corrected chi connectivity index (χ3v) is 6.33. The summed E-state index contributed by atoms with van der Waals surface area (Å²) in [6, 6.07) is 21.3. The van der Waals surface area contributed by atoms with Gasteiger partial charge in [0.1, 0.15) is 0 Å². The lowest BCUT2D eigenvalue weighted by Crippen LogP contribution is -2.53. The van der Waals surface area contributed by atoms with Gasteiger partial charge in [0.05, 0.1) is 0 Å². The Morgan fingerprint density at radius 3 is 2.41 bits per heavy atom. The molecule has 1 unspecified atom stereocenters. The molecule has 2 aromatic rings. The van der Waals surface area contributed by atoms with Crippen molar-refractivity contribution in [3.05, 3.63) is 71.3 Å².